The van der Waals surface area contributed by atoms with Crippen molar-refractivity contribution in [1.29, 1.82) is 0 Å². The lowest BCUT2D eigenvalue weighted by atomic mass is 10.2. The first-order valence-corrected chi connectivity index (χ1v) is 7.10. The lowest BCUT2D eigenvalue weighted by Gasteiger charge is -2.14. The van der Waals surface area contributed by atoms with Crippen LogP contribution >= 0.6 is 23.6 Å². The first-order valence-electron chi connectivity index (χ1n) is 5.81. The molecule has 1 N–H and O–H groups in total. The van der Waals surface area contributed by atoms with Crippen molar-refractivity contribution in [2.75, 3.05) is 4.90 Å². The summed E-state index contributed by atoms with van der Waals surface area (Å²) in [7, 11) is 0. The fraction of sp³-hybridized carbons (Fsp3) is 0.154. The minimum Gasteiger partial charge on any atom is -0.350 e. The second-order valence-corrected chi connectivity index (χ2v) is 5.51. The van der Waals surface area contributed by atoms with E-state index in [-0.39, 0.29) is 11.9 Å². The molecule has 1 aliphatic heterocycles. The lowest BCUT2D eigenvalue weighted by Crippen LogP contribution is -2.30. The molecule has 1 aromatic heterocycles. The van der Waals surface area contributed by atoms with Gasteiger partial charge in [-0.1, -0.05) is 0 Å². The second kappa shape index (κ2) is 4.71. The number of carbonyl (C=O) groups is 1. The predicted molar refractivity (Wildman–Crippen MR) is 80.2 cm³/mol. The van der Waals surface area contributed by atoms with Gasteiger partial charge in [0.25, 0.3) is 5.91 Å². The zero-order valence-electron chi connectivity index (χ0n) is 10.2. The van der Waals surface area contributed by atoms with Crippen LogP contribution in [0, 0.1) is 0 Å². The summed E-state index contributed by atoms with van der Waals surface area (Å²) < 4.78 is 0. The van der Waals surface area contributed by atoms with E-state index in [0.29, 0.717) is 5.11 Å². The Balaban J connectivity index is 1.91. The van der Waals surface area contributed by atoms with Crippen LogP contribution in [0.2, 0.25) is 0 Å². The summed E-state index contributed by atoms with van der Waals surface area (Å²) in [5, 5.41) is 6.32. The highest BCUT2D eigenvalue weighted by Gasteiger charge is 2.33. The molecule has 4 nitrogen and oxygen atoms in total. The highest BCUT2D eigenvalue weighted by molar-refractivity contribution is 7.80. The fourth-order valence-corrected chi connectivity index (χ4v) is 2.99. The van der Waals surface area contributed by atoms with Crippen LogP contribution in [0.1, 0.15) is 6.92 Å². The Morgan fingerprint density at radius 2 is 2.11 bits per heavy atom. The molecule has 1 aliphatic rings. The van der Waals surface area contributed by atoms with Gasteiger partial charge in [-0.2, -0.15) is 0 Å². The molecule has 1 fully saturated rings. The fourth-order valence-electron chi connectivity index (χ4n) is 1.97. The van der Waals surface area contributed by atoms with Crippen molar-refractivity contribution < 1.29 is 4.79 Å². The van der Waals surface area contributed by atoms with E-state index in [2.05, 4.69) is 10.3 Å². The topological polar surface area (TPSA) is 45.2 Å². The molecular formula is C13H11N3OS2. The van der Waals surface area contributed by atoms with E-state index in [1.54, 1.807) is 24.5 Å². The molecule has 6 heteroatoms. The van der Waals surface area contributed by atoms with Crippen LogP contribution in [-0.2, 0) is 4.79 Å². The molecule has 2 heterocycles. The maximum Gasteiger partial charge on any atom is 0.255 e. The summed E-state index contributed by atoms with van der Waals surface area (Å²) in [5.41, 5.74) is 1.82. The van der Waals surface area contributed by atoms with Gasteiger partial charge in [0.15, 0.2) is 5.11 Å². The number of benzene rings is 1. The number of hydrogen-bond acceptors (Lipinski definition) is 4. The number of rotatable bonds is 2. The lowest BCUT2D eigenvalue weighted by molar-refractivity contribution is -0.117. The molecule has 1 atom stereocenters. The minimum absolute atomic E-state index is 0.0213. The van der Waals surface area contributed by atoms with E-state index in [9.17, 15) is 4.79 Å². The average Bonchev–Trinajstić information content (AvgIpc) is 3.00. The minimum atomic E-state index is -0.258. The maximum atomic E-state index is 12.0. The quantitative estimate of drug-likeness (QED) is 0.862. The summed E-state index contributed by atoms with van der Waals surface area (Å²) in [6.07, 6.45) is 1.78. The number of nitrogens with one attached hydrogen (secondary N) is 1. The van der Waals surface area contributed by atoms with Gasteiger partial charge in [-0.3, -0.25) is 9.69 Å². The van der Waals surface area contributed by atoms with E-state index < -0.39 is 0 Å². The van der Waals surface area contributed by atoms with Gasteiger partial charge in [0.1, 0.15) is 11.0 Å². The van der Waals surface area contributed by atoms with E-state index in [1.807, 2.05) is 29.6 Å². The van der Waals surface area contributed by atoms with Crippen molar-refractivity contribution in [3.8, 4) is 10.6 Å². The van der Waals surface area contributed by atoms with E-state index in [1.165, 1.54) is 4.90 Å². The van der Waals surface area contributed by atoms with Crippen LogP contribution in [0.15, 0.2) is 35.8 Å². The molecule has 0 bridgehead atoms. The van der Waals surface area contributed by atoms with Crippen molar-refractivity contribution in [2.45, 2.75) is 13.0 Å². The Kier molecular flexibility index (Phi) is 3.04. The Morgan fingerprint density at radius 3 is 2.63 bits per heavy atom. The van der Waals surface area contributed by atoms with Gasteiger partial charge in [-0.25, -0.2) is 4.98 Å². The molecule has 19 heavy (non-hydrogen) atoms. The third-order valence-electron chi connectivity index (χ3n) is 2.94. The van der Waals surface area contributed by atoms with Crippen LogP contribution in [0.3, 0.4) is 0 Å². The summed E-state index contributed by atoms with van der Waals surface area (Å²) in [4.78, 5) is 17.8. The monoisotopic (exact) mass is 289 g/mol. The summed E-state index contributed by atoms with van der Waals surface area (Å²) in [6, 6.07) is 7.42. The number of amides is 1. The normalized spacial score (nSPS) is 18.8. The number of thiocarbonyl (C=S) groups is 1. The molecule has 0 saturated carbocycles. The van der Waals surface area contributed by atoms with Crippen LogP contribution in [-0.4, -0.2) is 22.0 Å². The molecule has 0 radical (unpaired) electrons. The largest absolute Gasteiger partial charge is 0.350 e. The highest BCUT2D eigenvalue weighted by Crippen LogP contribution is 2.26. The maximum absolute atomic E-state index is 12.0. The molecule has 1 amide bonds. The number of hydrogen-bond donors (Lipinski definition) is 1. The van der Waals surface area contributed by atoms with E-state index >= 15 is 0 Å². The summed E-state index contributed by atoms with van der Waals surface area (Å²) in [5.74, 6) is -0.0213. The van der Waals surface area contributed by atoms with Crippen molar-refractivity contribution >= 4 is 40.3 Å². The number of thiazole rings is 1. The number of carbonyl (C=O) groups excluding carboxylic acids is 1. The SMILES string of the molecule is C[C@@H]1NC(=S)N(c2ccc(-c3nccs3)cc2)C1=O. The zero-order chi connectivity index (χ0) is 13.4. The second-order valence-electron chi connectivity index (χ2n) is 4.23. The first kappa shape index (κ1) is 12.3. The average molecular weight is 289 g/mol. The van der Waals surface area contributed by atoms with Crippen LogP contribution in [0.4, 0.5) is 5.69 Å². The molecule has 0 unspecified atom stereocenters. The Hall–Kier alpha value is -1.79. The van der Waals surface area contributed by atoms with Gasteiger partial charge in [0.2, 0.25) is 0 Å². The van der Waals surface area contributed by atoms with Gasteiger partial charge in [0, 0.05) is 17.1 Å². The molecule has 0 aliphatic carbocycles. The molecule has 96 valence electrons. The summed E-state index contributed by atoms with van der Waals surface area (Å²) in [6.45, 7) is 1.80. The molecule has 1 saturated heterocycles. The van der Waals surface area contributed by atoms with Crippen molar-refractivity contribution in [3.63, 3.8) is 0 Å². The first-order chi connectivity index (χ1) is 9.16. The van der Waals surface area contributed by atoms with E-state index in [4.69, 9.17) is 12.2 Å². The van der Waals surface area contributed by atoms with Gasteiger partial charge in [0.05, 0.1) is 5.69 Å². The standard InChI is InChI=1S/C13H11N3OS2/c1-8-12(17)16(13(18)15-8)10-4-2-9(3-5-10)11-14-6-7-19-11/h2-8H,1H3,(H,15,18)/t8-/m0/s1. The Morgan fingerprint density at radius 1 is 1.37 bits per heavy atom. The van der Waals surface area contributed by atoms with Crippen molar-refractivity contribution in [3.05, 3.63) is 35.8 Å². The molecule has 1 aromatic carbocycles. The third kappa shape index (κ3) is 2.13. The molecule has 2 aromatic rings. The third-order valence-corrected chi connectivity index (χ3v) is 4.06. The molecule has 3 rings (SSSR count). The van der Waals surface area contributed by atoms with Crippen LogP contribution in [0.25, 0.3) is 10.6 Å². The van der Waals surface area contributed by atoms with Crippen LogP contribution in [0.5, 0.6) is 0 Å². The zero-order valence-corrected chi connectivity index (χ0v) is 11.8. The van der Waals surface area contributed by atoms with Gasteiger partial charge >= 0.3 is 0 Å². The number of nitrogens with zero attached hydrogens (tertiary/aromatic N) is 2. The van der Waals surface area contributed by atoms with Gasteiger partial charge < -0.3 is 5.32 Å². The van der Waals surface area contributed by atoms with Crippen LogP contribution < -0.4 is 10.2 Å². The molecule has 0 spiro atoms. The summed E-state index contributed by atoms with van der Waals surface area (Å²) >= 11 is 6.76. The highest BCUT2D eigenvalue weighted by atomic mass is 32.1. The van der Waals surface area contributed by atoms with Gasteiger partial charge in [-0.15, -0.1) is 11.3 Å². The number of aromatic nitrogens is 1. The van der Waals surface area contributed by atoms with E-state index in [0.717, 1.165) is 16.3 Å². The predicted octanol–water partition coefficient (Wildman–Crippen LogP) is 2.42. The smallest absolute Gasteiger partial charge is 0.255 e. The van der Waals surface area contributed by atoms with Gasteiger partial charge in [-0.05, 0) is 43.4 Å². The molecular weight excluding hydrogens is 278 g/mol. The Bertz CT molecular complexity index is 622. The number of anilines is 1. The van der Waals surface area contributed by atoms with Crippen molar-refractivity contribution in [2.24, 2.45) is 0 Å². The Labute approximate surface area is 120 Å². The van der Waals surface area contributed by atoms with Crippen molar-refractivity contribution in [1.82, 2.24) is 10.3 Å².